The Morgan fingerprint density at radius 2 is 1.55 bits per heavy atom. The van der Waals surface area contributed by atoms with Crippen molar-refractivity contribution >= 4 is 11.8 Å². The van der Waals surface area contributed by atoms with E-state index in [1.165, 1.54) is 10.5 Å². The van der Waals surface area contributed by atoms with Crippen LogP contribution in [0.3, 0.4) is 0 Å². The number of rotatable bonds is 6. The Bertz CT molecular complexity index is 387. The second-order valence-corrected chi connectivity index (χ2v) is 8.57. The molecule has 0 aliphatic carbocycles. The highest BCUT2D eigenvalue weighted by molar-refractivity contribution is 8.00. The molecule has 1 unspecified atom stereocenters. The van der Waals surface area contributed by atoms with Gasteiger partial charge >= 0.3 is 0 Å². The molecule has 0 bridgehead atoms. The number of thioether (sulfide) groups is 1. The van der Waals surface area contributed by atoms with E-state index < -0.39 is 0 Å². The zero-order valence-corrected chi connectivity index (χ0v) is 15.0. The van der Waals surface area contributed by atoms with Crippen LogP contribution in [0.25, 0.3) is 0 Å². The molecule has 1 nitrogen and oxygen atoms in total. The molecular formula is C18H31NS. The van der Waals surface area contributed by atoms with Gasteiger partial charge < -0.3 is 5.32 Å². The van der Waals surface area contributed by atoms with Crippen LogP contribution in [0, 0.1) is 5.92 Å². The summed E-state index contributed by atoms with van der Waals surface area (Å²) < 4.78 is 0. The molecule has 1 N–H and O–H groups in total. The van der Waals surface area contributed by atoms with Crippen LogP contribution in [0.5, 0.6) is 0 Å². The van der Waals surface area contributed by atoms with E-state index in [1.54, 1.807) is 0 Å². The summed E-state index contributed by atoms with van der Waals surface area (Å²) in [5, 5.41) is 4.24. The Morgan fingerprint density at radius 1 is 1.00 bits per heavy atom. The van der Waals surface area contributed by atoms with Crippen LogP contribution < -0.4 is 5.32 Å². The second kappa shape index (κ2) is 7.51. The fraction of sp³-hybridized carbons (Fsp3) is 0.667. The van der Waals surface area contributed by atoms with Crippen molar-refractivity contribution < 1.29 is 0 Å². The second-order valence-electron chi connectivity index (χ2n) is 7.25. The van der Waals surface area contributed by atoms with Gasteiger partial charge in [0.2, 0.25) is 0 Å². The van der Waals surface area contributed by atoms with Crippen molar-refractivity contribution in [2.45, 2.75) is 70.1 Å². The molecule has 0 fully saturated rings. The fourth-order valence-electron chi connectivity index (χ4n) is 1.93. The summed E-state index contributed by atoms with van der Waals surface area (Å²) >= 11 is 2.00. The van der Waals surface area contributed by atoms with E-state index in [9.17, 15) is 0 Å². The highest BCUT2D eigenvalue weighted by Crippen LogP contribution is 2.29. The Morgan fingerprint density at radius 3 is 1.95 bits per heavy atom. The summed E-state index contributed by atoms with van der Waals surface area (Å²) in [5.74, 6) is 1.28. The van der Waals surface area contributed by atoms with Crippen LogP contribution in [0.2, 0.25) is 0 Å². The first-order valence-electron chi connectivity index (χ1n) is 7.70. The number of hydrogen-bond acceptors (Lipinski definition) is 2. The third-order valence-corrected chi connectivity index (χ3v) is 4.97. The standard InChI is InChI=1S/C18H31NS/c1-13(2)15-8-10-16(11-9-15)20-17(14(3)4)12-19-18(5,6)7/h8-11,13-14,17,19H,12H2,1-7H3. The first kappa shape index (κ1) is 17.6. The molecule has 0 amide bonds. The maximum absolute atomic E-state index is 3.63. The summed E-state index contributed by atoms with van der Waals surface area (Å²) in [6, 6.07) is 9.07. The van der Waals surface area contributed by atoms with Crippen molar-refractivity contribution in [1.82, 2.24) is 5.32 Å². The third kappa shape index (κ3) is 6.32. The van der Waals surface area contributed by atoms with E-state index in [2.05, 4.69) is 78.0 Å². The van der Waals surface area contributed by atoms with Crippen LogP contribution in [0.1, 0.15) is 59.9 Å². The van der Waals surface area contributed by atoms with E-state index in [4.69, 9.17) is 0 Å². The van der Waals surface area contributed by atoms with Crippen molar-refractivity contribution in [2.24, 2.45) is 5.92 Å². The van der Waals surface area contributed by atoms with Gasteiger partial charge in [0.25, 0.3) is 0 Å². The summed E-state index contributed by atoms with van der Waals surface area (Å²) in [6.45, 7) is 16.8. The molecule has 1 aromatic rings. The predicted octanol–water partition coefficient (Wildman–Crippen LogP) is 5.31. The summed E-state index contributed by atoms with van der Waals surface area (Å²) in [4.78, 5) is 1.38. The number of benzene rings is 1. The molecule has 0 spiro atoms. The first-order valence-corrected chi connectivity index (χ1v) is 8.58. The van der Waals surface area contributed by atoms with Gasteiger partial charge in [-0.3, -0.25) is 0 Å². The Labute approximate surface area is 129 Å². The van der Waals surface area contributed by atoms with Gasteiger partial charge in [-0.15, -0.1) is 11.8 Å². The Balaban J connectivity index is 2.65. The minimum absolute atomic E-state index is 0.190. The van der Waals surface area contributed by atoms with Gasteiger partial charge in [-0.1, -0.05) is 39.8 Å². The lowest BCUT2D eigenvalue weighted by Crippen LogP contribution is -2.41. The fourth-order valence-corrected chi connectivity index (χ4v) is 3.01. The van der Waals surface area contributed by atoms with E-state index in [1.807, 2.05) is 11.8 Å². The SMILES string of the molecule is CC(C)c1ccc(SC(CNC(C)(C)C)C(C)C)cc1. The van der Waals surface area contributed by atoms with Crippen molar-refractivity contribution in [2.75, 3.05) is 6.54 Å². The molecule has 20 heavy (non-hydrogen) atoms. The van der Waals surface area contributed by atoms with E-state index >= 15 is 0 Å². The summed E-state index contributed by atoms with van der Waals surface area (Å²) in [5.41, 5.74) is 1.61. The van der Waals surface area contributed by atoms with E-state index in [0.717, 1.165) is 6.54 Å². The smallest absolute Gasteiger partial charge is 0.0242 e. The largest absolute Gasteiger partial charge is 0.311 e. The highest BCUT2D eigenvalue weighted by atomic mass is 32.2. The van der Waals surface area contributed by atoms with Crippen LogP contribution in [0.4, 0.5) is 0 Å². The normalized spacial score (nSPS) is 14.1. The highest BCUT2D eigenvalue weighted by Gasteiger charge is 2.18. The quantitative estimate of drug-likeness (QED) is 0.713. The Hall–Kier alpha value is -0.470. The van der Waals surface area contributed by atoms with Crippen LogP contribution in [-0.4, -0.2) is 17.3 Å². The molecule has 0 radical (unpaired) electrons. The predicted molar refractivity (Wildman–Crippen MR) is 92.8 cm³/mol. The van der Waals surface area contributed by atoms with Crippen molar-refractivity contribution in [1.29, 1.82) is 0 Å². The van der Waals surface area contributed by atoms with Crippen LogP contribution >= 0.6 is 11.8 Å². The molecule has 0 saturated heterocycles. The van der Waals surface area contributed by atoms with Gasteiger partial charge in [-0.2, -0.15) is 0 Å². The first-order chi connectivity index (χ1) is 9.19. The molecule has 1 atom stereocenters. The average molecular weight is 294 g/mol. The molecule has 0 aliphatic rings. The molecule has 0 saturated carbocycles. The minimum Gasteiger partial charge on any atom is -0.311 e. The molecule has 114 valence electrons. The minimum atomic E-state index is 0.190. The van der Waals surface area contributed by atoms with Crippen molar-refractivity contribution in [3.05, 3.63) is 29.8 Å². The van der Waals surface area contributed by atoms with Gasteiger partial charge in [-0.05, 0) is 50.3 Å². The summed E-state index contributed by atoms with van der Waals surface area (Å²) in [6.07, 6.45) is 0. The maximum atomic E-state index is 3.63. The van der Waals surface area contributed by atoms with Crippen LogP contribution in [-0.2, 0) is 0 Å². The maximum Gasteiger partial charge on any atom is 0.0242 e. The zero-order chi connectivity index (χ0) is 15.3. The van der Waals surface area contributed by atoms with E-state index in [-0.39, 0.29) is 5.54 Å². The monoisotopic (exact) mass is 293 g/mol. The molecular weight excluding hydrogens is 262 g/mol. The van der Waals surface area contributed by atoms with Gasteiger partial charge in [0.05, 0.1) is 0 Å². The summed E-state index contributed by atoms with van der Waals surface area (Å²) in [7, 11) is 0. The van der Waals surface area contributed by atoms with Crippen LogP contribution in [0.15, 0.2) is 29.2 Å². The lowest BCUT2D eigenvalue weighted by Gasteiger charge is -2.27. The third-order valence-electron chi connectivity index (χ3n) is 3.41. The van der Waals surface area contributed by atoms with Gasteiger partial charge in [0.15, 0.2) is 0 Å². The van der Waals surface area contributed by atoms with Gasteiger partial charge in [0.1, 0.15) is 0 Å². The molecule has 0 heterocycles. The topological polar surface area (TPSA) is 12.0 Å². The van der Waals surface area contributed by atoms with E-state index in [0.29, 0.717) is 17.1 Å². The number of nitrogens with one attached hydrogen (secondary N) is 1. The number of hydrogen-bond donors (Lipinski definition) is 1. The average Bonchev–Trinajstić information content (AvgIpc) is 2.33. The molecule has 1 aromatic carbocycles. The molecule has 0 aliphatic heterocycles. The molecule has 1 rings (SSSR count). The Kier molecular flexibility index (Phi) is 6.60. The zero-order valence-electron chi connectivity index (χ0n) is 14.2. The van der Waals surface area contributed by atoms with Crippen molar-refractivity contribution in [3.8, 4) is 0 Å². The van der Waals surface area contributed by atoms with Gasteiger partial charge in [0, 0.05) is 22.2 Å². The van der Waals surface area contributed by atoms with Gasteiger partial charge in [-0.25, -0.2) is 0 Å². The lowest BCUT2D eigenvalue weighted by atomic mass is 10.0. The molecule has 2 heteroatoms. The lowest BCUT2D eigenvalue weighted by molar-refractivity contribution is 0.408. The van der Waals surface area contributed by atoms with Crippen molar-refractivity contribution in [3.63, 3.8) is 0 Å². The molecule has 0 aromatic heterocycles.